The summed E-state index contributed by atoms with van der Waals surface area (Å²) in [5.74, 6) is 0.723. The second-order valence-corrected chi connectivity index (χ2v) is 6.58. The molecule has 0 spiro atoms. The molecule has 6 nitrogen and oxygen atoms in total. The Labute approximate surface area is 143 Å². The topological polar surface area (TPSA) is 81.6 Å². The lowest BCUT2D eigenvalue weighted by Gasteiger charge is -2.42. The van der Waals surface area contributed by atoms with Crippen molar-refractivity contribution in [3.8, 4) is 5.75 Å². The number of ether oxygens (including phenoxy) is 1. The lowest BCUT2D eigenvalue weighted by molar-refractivity contribution is -0.385. The molecule has 1 aromatic rings. The highest BCUT2D eigenvalue weighted by Crippen LogP contribution is 2.31. The molecule has 1 heterocycles. The molecular weight excluding hydrogens is 318 g/mol. The molecule has 1 aromatic carbocycles. The zero-order valence-corrected chi connectivity index (χ0v) is 14.8. The minimum atomic E-state index is -0.366. The molecule has 1 fully saturated rings. The van der Waals surface area contributed by atoms with Crippen molar-refractivity contribution in [1.82, 2.24) is 4.90 Å². The van der Waals surface area contributed by atoms with Gasteiger partial charge in [-0.2, -0.15) is 0 Å². The summed E-state index contributed by atoms with van der Waals surface area (Å²) >= 11 is 0. The monoisotopic (exact) mass is 343 g/mol. The first kappa shape index (κ1) is 19.7. The number of nitro benzene ring substituents is 1. The number of nitro groups is 1. The number of halogens is 1. The molecule has 0 radical (unpaired) electrons. The number of nitrogens with zero attached hydrogens (tertiary/aromatic N) is 2. The van der Waals surface area contributed by atoms with Crippen molar-refractivity contribution in [2.24, 2.45) is 11.1 Å². The number of hydrogen-bond acceptors (Lipinski definition) is 5. The summed E-state index contributed by atoms with van der Waals surface area (Å²) < 4.78 is 5.61. The lowest BCUT2D eigenvalue weighted by Crippen LogP contribution is -2.52. The third-order valence-corrected chi connectivity index (χ3v) is 4.34. The van der Waals surface area contributed by atoms with Crippen molar-refractivity contribution in [2.45, 2.75) is 39.8 Å². The molecule has 1 aliphatic rings. The molecule has 0 aromatic heterocycles. The number of piperidine rings is 1. The van der Waals surface area contributed by atoms with Gasteiger partial charge in [-0.25, -0.2) is 0 Å². The maximum absolute atomic E-state index is 11.0. The van der Waals surface area contributed by atoms with Gasteiger partial charge in [-0.15, -0.1) is 12.4 Å². The van der Waals surface area contributed by atoms with Crippen LogP contribution in [-0.2, 0) is 6.54 Å². The Kier molecular flexibility index (Phi) is 6.80. The van der Waals surface area contributed by atoms with Crippen LogP contribution in [0, 0.1) is 15.5 Å². The van der Waals surface area contributed by atoms with Crippen LogP contribution in [0.4, 0.5) is 5.69 Å². The fraction of sp³-hybridized carbons (Fsp3) is 0.625. The summed E-state index contributed by atoms with van der Waals surface area (Å²) in [4.78, 5) is 12.9. The Hall–Kier alpha value is -1.37. The van der Waals surface area contributed by atoms with E-state index in [2.05, 4.69) is 18.7 Å². The van der Waals surface area contributed by atoms with Gasteiger partial charge in [-0.3, -0.25) is 15.0 Å². The molecule has 2 N–H and O–H groups in total. The summed E-state index contributed by atoms with van der Waals surface area (Å²) in [7, 11) is 0. The summed E-state index contributed by atoms with van der Waals surface area (Å²) in [6.07, 6.45) is 0.936. The van der Waals surface area contributed by atoms with Gasteiger partial charge in [0.05, 0.1) is 11.5 Å². The molecule has 0 aliphatic carbocycles. The first-order valence-corrected chi connectivity index (χ1v) is 7.71. The fourth-order valence-electron chi connectivity index (χ4n) is 2.96. The van der Waals surface area contributed by atoms with Crippen LogP contribution < -0.4 is 10.5 Å². The van der Waals surface area contributed by atoms with Crippen LogP contribution in [0.15, 0.2) is 18.2 Å². The summed E-state index contributed by atoms with van der Waals surface area (Å²) in [6, 6.07) is 5.00. The van der Waals surface area contributed by atoms with Crippen molar-refractivity contribution in [3.05, 3.63) is 33.9 Å². The Morgan fingerprint density at radius 3 is 2.74 bits per heavy atom. The van der Waals surface area contributed by atoms with Gasteiger partial charge in [-0.1, -0.05) is 13.8 Å². The maximum Gasteiger partial charge on any atom is 0.270 e. The summed E-state index contributed by atoms with van der Waals surface area (Å²) in [6.45, 7) is 9.21. The van der Waals surface area contributed by atoms with Gasteiger partial charge in [0, 0.05) is 43.4 Å². The van der Waals surface area contributed by atoms with Crippen molar-refractivity contribution >= 4 is 18.1 Å². The van der Waals surface area contributed by atoms with Gasteiger partial charge in [0.15, 0.2) is 0 Å². The molecular formula is C16H26ClN3O3. The minimum absolute atomic E-state index is 0. The van der Waals surface area contributed by atoms with Gasteiger partial charge in [-0.05, 0) is 24.8 Å². The van der Waals surface area contributed by atoms with Crippen LogP contribution in [0.2, 0.25) is 0 Å². The minimum Gasteiger partial charge on any atom is -0.494 e. The number of rotatable bonds is 5. The zero-order chi connectivity index (χ0) is 16.3. The first-order chi connectivity index (χ1) is 10.3. The maximum atomic E-state index is 11.0. The molecule has 0 saturated carbocycles. The third-order valence-electron chi connectivity index (χ3n) is 4.34. The number of benzene rings is 1. The van der Waals surface area contributed by atoms with Gasteiger partial charge >= 0.3 is 0 Å². The SMILES string of the molecule is CCOc1ccc([N+](=O)[O-])cc1CN1CCC(N)C(C)(C)C1.Cl. The Bertz CT molecular complexity index is 551. The summed E-state index contributed by atoms with van der Waals surface area (Å²) in [5.41, 5.74) is 7.18. The van der Waals surface area contributed by atoms with E-state index in [4.69, 9.17) is 10.5 Å². The number of hydrogen-bond donors (Lipinski definition) is 1. The molecule has 2 rings (SSSR count). The van der Waals surface area contributed by atoms with Crippen molar-refractivity contribution in [1.29, 1.82) is 0 Å². The average Bonchev–Trinajstić information content (AvgIpc) is 2.44. The van der Waals surface area contributed by atoms with Gasteiger partial charge in [0.1, 0.15) is 5.75 Å². The molecule has 1 saturated heterocycles. The van der Waals surface area contributed by atoms with Crippen LogP contribution in [0.25, 0.3) is 0 Å². The van der Waals surface area contributed by atoms with Crippen LogP contribution in [0.5, 0.6) is 5.75 Å². The molecule has 130 valence electrons. The second-order valence-electron chi connectivity index (χ2n) is 6.58. The highest BCUT2D eigenvalue weighted by atomic mass is 35.5. The van der Waals surface area contributed by atoms with E-state index in [1.165, 1.54) is 6.07 Å². The highest BCUT2D eigenvalue weighted by Gasteiger charge is 2.33. The highest BCUT2D eigenvalue weighted by molar-refractivity contribution is 5.85. The smallest absolute Gasteiger partial charge is 0.270 e. The second kappa shape index (κ2) is 7.95. The van der Waals surface area contributed by atoms with Crippen LogP contribution in [0.3, 0.4) is 0 Å². The fourth-order valence-corrected chi connectivity index (χ4v) is 2.96. The normalized spacial score (nSPS) is 20.6. The van der Waals surface area contributed by atoms with Crippen LogP contribution in [0.1, 0.15) is 32.8 Å². The number of likely N-dealkylation sites (tertiary alicyclic amines) is 1. The van der Waals surface area contributed by atoms with E-state index in [-0.39, 0.29) is 34.5 Å². The Morgan fingerprint density at radius 2 is 2.17 bits per heavy atom. The molecule has 0 amide bonds. The predicted molar refractivity (Wildman–Crippen MR) is 93.2 cm³/mol. The lowest BCUT2D eigenvalue weighted by atomic mass is 9.79. The van der Waals surface area contributed by atoms with E-state index in [1.807, 2.05) is 6.92 Å². The largest absolute Gasteiger partial charge is 0.494 e. The molecule has 1 atom stereocenters. The van der Waals surface area contributed by atoms with Crippen molar-refractivity contribution in [2.75, 3.05) is 19.7 Å². The van der Waals surface area contributed by atoms with E-state index in [1.54, 1.807) is 12.1 Å². The quantitative estimate of drug-likeness (QED) is 0.656. The summed E-state index contributed by atoms with van der Waals surface area (Å²) in [5, 5.41) is 11.0. The van der Waals surface area contributed by atoms with E-state index in [0.29, 0.717) is 13.2 Å². The Morgan fingerprint density at radius 1 is 1.48 bits per heavy atom. The standard InChI is InChI=1S/C16H25N3O3.ClH/c1-4-22-14-6-5-13(19(20)21)9-12(14)10-18-8-7-15(17)16(2,3)11-18;/h5-6,9,15H,4,7-8,10-11,17H2,1-3H3;1H. The van der Waals surface area contributed by atoms with Crippen LogP contribution >= 0.6 is 12.4 Å². The third kappa shape index (κ3) is 4.80. The van der Waals surface area contributed by atoms with Crippen LogP contribution in [-0.4, -0.2) is 35.6 Å². The van der Waals surface area contributed by atoms with Gasteiger partial charge in [0.25, 0.3) is 5.69 Å². The van der Waals surface area contributed by atoms with E-state index in [9.17, 15) is 10.1 Å². The zero-order valence-electron chi connectivity index (χ0n) is 13.9. The first-order valence-electron chi connectivity index (χ1n) is 7.71. The van der Waals surface area contributed by atoms with Gasteiger partial charge < -0.3 is 10.5 Å². The molecule has 1 unspecified atom stereocenters. The number of nitrogens with two attached hydrogens (primary N) is 1. The van der Waals surface area contributed by atoms with Crippen molar-refractivity contribution < 1.29 is 9.66 Å². The van der Waals surface area contributed by atoms with E-state index < -0.39 is 0 Å². The molecule has 0 bridgehead atoms. The Balaban J connectivity index is 0.00000264. The molecule has 23 heavy (non-hydrogen) atoms. The number of non-ortho nitro benzene ring substituents is 1. The average molecular weight is 344 g/mol. The predicted octanol–water partition coefficient (Wildman–Crippen LogP) is 2.97. The molecule has 1 aliphatic heterocycles. The van der Waals surface area contributed by atoms with E-state index in [0.717, 1.165) is 30.8 Å². The van der Waals surface area contributed by atoms with Gasteiger partial charge in [0.2, 0.25) is 0 Å². The molecule has 7 heteroatoms. The van der Waals surface area contributed by atoms with E-state index >= 15 is 0 Å². The van der Waals surface area contributed by atoms with Crippen molar-refractivity contribution in [3.63, 3.8) is 0 Å².